The van der Waals surface area contributed by atoms with Gasteiger partial charge in [-0.25, -0.2) is 9.59 Å². The van der Waals surface area contributed by atoms with E-state index in [4.69, 9.17) is 4.74 Å². The van der Waals surface area contributed by atoms with Gasteiger partial charge in [-0.05, 0) is 36.1 Å². The van der Waals surface area contributed by atoms with Gasteiger partial charge in [-0.3, -0.25) is 9.48 Å². The number of carbonyl (C=O) groups excluding carboxylic acids is 2. The summed E-state index contributed by atoms with van der Waals surface area (Å²) in [5.41, 5.74) is 4.00. The number of nitrogens with zero attached hydrogens (tertiary/aromatic N) is 2. The summed E-state index contributed by atoms with van der Waals surface area (Å²) >= 11 is 0. The van der Waals surface area contributed by atoms with E-state index in [2.05, 4.69) is 27.9 Å². The van der Waals surface area contributed by atoms with Crippen molar-refractivity contribution >= 4 is 18.0 Å². The number of hydrogen-bond acceptors (Lipinski definition) is 5. The Labute approximate surface area is 203 Å². The Hall–Kier alpha value is -4.14. The number of rotatable bonds is 8. The number of carboxylic acids is 1. The number of amides is 2. The highest BCUT2D eigenvalue weighted by Crippen LogP contribution is 2.44. The summed E-state index contributed by atoms with van der Waals surface area (Å²) in [5, 5.41) is 18.6. The molecule has 0 spiro atoms. The number of nitrogens with one attached hydrogen (secondary N) is 2. The lowest BCUT2D eigenvalue weighted by Gasteiger charge is -2.24. The zero-order chi connectivity index (χ0) is 25.2. The number of carbonyl (C=O) groups is 3. The van der Waals surface area contributed by atoms with Crippen molar-refractivity contribution in [1.82, 2.24) is 20.4 Å². The molecule has 4 rings (SSSR count). The molecule has 0 saturated carbocycles. The molecule has 0 saturated heterocycles. The van der Waals surface area contributed by atoms with Crippen LogP contribution in [0.1, 0.15) is 46.9 Å². The first-order chi connectivity index (χ1) is 16.7. The van der Waals surface area contributed by atoms with Crippen LogP contribution < -0.4 is 10.6 Å². The van der Waals surface area contributed by atoms with E-state index in [0.29, 0.717) is 5.56 Å². The number of carboxylic acid groups (broad SMARTS) is 1. The summed E-state index contributed by atoms with van der Waals surface area (Å²) in [6, 6.07) is 16.2. The van der Waals surface area contributed by atoms with Crippen molar-refractivity contribution < 1.29 is 24.2 Å². The second-order valence-corrected chi connectivity index (χ2v) is 9.19. The molecule has 1 aliphatic rings. The van der Waals surface area contributed by atoms with Gasteiger partial charge in [0.15, 0.2) is 5.69 Å². The van der Waals surface area contributed by atoms with Crippen LogP contribution in [-0.2, 0) is 23.1 Å². The zero-order valence-corrected chi connectivity index (χ0v) is 19.9. The summed E-state index contributed by atoms with van der Waals surface area (Å²) in [6.45, 7) is 3.63. The topological polar surface area (TPSA) is 123 Å². The third-order valence-electron chi connectivity index (χ3n) is 6.29. The quantitative estimate of drug-likeness (QED) is 0.459. The molecule has 0 bridgehead atoms. The minimum Gasteiger partial charge on any atom is -0.477 e. The number of hydrogen-bond donors (Lipinski definition) is 3. The van der Waals surface area contributed by atoms with Gasteiger partial charge < -0.3 is 20.5 Å². The predicted octanol–water partition coefficient (Wildman–Crippen LogP) is 3.30. The van der Waals surface area contributed by atoms with Crippen LogP contribution in [0, 0.1) is 5.41 Å². The molecule has 9 nitrogen and oxygen atoms in total. The van der Waals surface area contributed by atoms with Crippen molar-refractivity contribution in [2.75, 3.05) is 13.2 Å². The SMILES string of the molecule is Cn1ncc(CNC(=O)C(C)(C)CNC(=O)OCC2c3ccccc3-c3ccccc32)c1C(=O)O. The molecule has 0 aliphatic heterocycles. The Kier molecular flexibility index (Phi) is 6.59. The van der Waals surface area contributed by atoms with E-state index < -0.39 is 17.5 Å². The molecule has 1 heterocycles. The third kappa shape index (κ3) is 4.89. The lowest BCUT2D eigenvalue weighted by Crippen LogP contribution is -2.45. The Bertz CT molecular complexity index is 1230. The van der Waals surface area contributed by atoms with Crippen molar-refractivity contribution in [2.24, 2.45) is 12.5 Å². The Morgan fingerprint density at radius 2 is 1.63 bits per heavy atom. The van der Waals surface area contributed by atoms with Gasteiger partial charge >= 0.3 is 12.1 Å². The van der Waals surface area contributed by atoms with Crippen LogP contribution in [0.25, 0.3) is 11.1 Å². The number of aromatic nitrogens is 2. The zero-order valence-electron chi connectivity index (χ0n) is 19.9. The molecular formula is C26H28N4O5. The largest absolute Gasteiger partial charge is 0.477 e. The molecule has 2 aromatic carbocycles. The Morgan fingerprint density at radius 3 is 2.23 bits per heavy atom. The van der Waals surface area contributed by atoms with Gasteiger partial charge in [0.1, 0.15) is 6.61 Å². The average Bonchev–Trinajstić information content (AvgIpc) is 3.37. The maximum Gasteiger partial charge on any atom is 0.407 e. The van der Waals surface area contributed by atoms with Crippen molar-refractivity contribution in [3.05, 3.63) is 77.1 Å². The first-order valence-electron chi connectivity index (χ1n) is 11.3. The predicted molar refractivity (Wildman–Crippen MR) is 129 cm³/mol. The highest BCUT2D eigenvalue weighted by molar-refractivity contribution is 5.88. The lowest BCUT2D eigenvalue weighted by atomic mass is 9.92. The van der Waals surface area contributed by atoms with Crippen molar-refractivity contribution in [1.29, 1.82) is 0 Å². The van der Waals surface area contributed by atoms with Gasteiger partial charge in [-0.15, -0.1) is 0 Å². The minimum atomic E-state index is -1.12. The van der Waals surface area contributed by atoms with Gasteiger partial charge in [0.05, 0.1) is 11.6 Å². The van der Waals surface area contributed by atoms with Crippen LogP contribution in [0.2, 0.25) is 0 Å². The molecule has 1 aliphatic carbocycles. The second kappa shape index (κ2) is 9.61. The smallest absolute Gasteiger partial charge is 0.407 e. The highest BCUT2D eigenvalue weighted by Gasteiger charge is 2.31. The van der Waals surface area contributed by atoms with E-state index in [9.17, 15) is 19.5 Å². The average molecular weight is 477 g/mol. The first kappa shape index (κ1) is 24.0. The molecule has 2 amide bonds. The maximum atomic E-state index is 12.7. The van der Waals surface area contributed by atoms with E-state index in [0.717, 1.165) is 22.3 Å². The number of aromatic carboxylic acids is 1. The Balaban J connectivity index is 1.31. The van der Waals surface area contributed by atoms with Crippen molar-refractivity contribution in [3.63, 3.8) is 0 Å². The van der Waals surface area contributed by atoms with E-state index >= 15 is 0 Å². The monoisotopic (exact) mass is 476 g/mol. The highest BCUT2D eigenvalue weighted by atomic mass is 16.5. The van der Waals surface area contributed by atoms with Crippen molar-refractivity contribution in [3.8, 4) is 11.1 Å². The Morgan fingerprint density at radius 1 is 1.03 bits per heavy atom. The van der Waals surface area contributed by atoms with Crippen LogP contribution in [-0.4, -0.2) is 46.0 Å². The molecule has 1 aromatic heterocycles. The first-order valence-corrected chi connectivity index (χ1v) is 11.3. The fourth-order valence-electron chi connectivity index (χ4n) is 4.33. The molecule has 0 atom stereocenters. The van der Waals surface area contributed by atoms with E-state index in [1.807, 2.05) is 36.4 Å². The summed E-state index contributed by atoms with van der Waals surface area (Å²) in [4.78, 5) is 36.5. The number of benzene rings is 2. The summed E-state index contributed by atoms with van der Waals surface area (Å²) in [6.07, 6.45) is 0.805. The third-order valence-corrected chi connectivity index (χ3v) is 6.29. The van der Waals surface area contributed by atoms with Crippen LogP contribution in [0.5, 0.6) is 0 Å². The molecule has 0 radical (unpaired) electrons. The van der Waals surface area contributed by atoms with Gasteiger partial charge in [-0.2, -0.15) is 5.10 Å². The summed E-state index contributed by atoms with van der Waals surface area (Å²) < 4.78 is 6.77. The fraction of sp³-hybridized carbons (Fsp3) is 0.308. The standard InChI is InChI=1S/C26H28N4O5/c1-26(2,24(33)27-12-16-13-29-30(3)22(16)23(31)32)15-28-25(34)35-14-21-19-10-6-4-8-17(19)18-9-5-7-11-20(18)21/h4-11,13,21H,12,14-15H2,1-3H3,(H,27,33)(H,28,34)(H,31,32). The molecular weight excluding hydrogens is 448 g/mol. The number of alkyl carbamates (subject to hydrolysis) is 1. The molecule has 9 heteroatoms. The van der Waals surface area contributed by atoms with Gasteiger partial charge in [0.25, 0.3) is 0 Å². The van der Waals surface area contributed by atoms with E-state index in [1.165, 1.54) is 17.9 Å². The van der Waals surface area contributed by atoms with Gasteiger partial charge in [0, 0.05) is 31.6 Å². The van der Waals surface area contributed by atoms with Gasteiger partial charge in [-0.1, -0.05) is 48.5 Å². The van der Waals surface area contributed by atoms with E-state index in [1.54, 1.807) is 13.8 Å². The summed E-state index contributed by atoms with van der Waals surface area (Å²) in [7, 11) is 1.52. The van der Waals surface area contributed by atoms with Crippen LogP contribution in [0.15, 0.2) is 54.7 Å². The molecule has 3 N–H and O–H groups in total. The minimum absolute atomic E-state index is 0.0138. The fourth-order valence-corrected chi connectivity index (χ4v) is 4.33. The van der Waals surface area contributed by atoms with Gasteiger partial charge in [0.2, 0.25) is 5.91 Å². The second-order valence-electron chi connectivity index (χ2n) is 9.19. The molecule has 35 heavy (non-hydrogen) atoms. The number of fused-ring (bicyclic) bond motifs is 3. The summed E-state index contributed by atoms with van der Waals surface area (Å²) in [5.74, 6) is -1.51. The number of aryl methyl sites for hydroxylation is 1. The number of ether oxygens (including phenoxy) is 1. The van der Waals surface area contributed by atoms with Crippen molar-refractivity contribution in [2.45, 2.75) is 26.3 Å². The van der Waals surface area contributed by atoms with Crippen LogP contribution >= 0.6 is 0 Å². The molecule has 182 valence electrons. The molecule has 0 fully saturated rings. The van der Waals surface area contributed by atoms with Crippen LogP contribution in [0.4, 0.5) is 4.79 Å². The maximum absolute atomic E-state index is 12.7. The normalized spacial score (nSPS) is 12.5. The molecule has 0 unspecified atom stereocenters. The molecule has 3 aromatic rings. The lowest BCUT2D eigenvalue weighted by molar-refractivity contribution is -0.129. The van der Waals surface area contributed by atoms with Crippen LogP contribution in [0.3, 0.4) is 0 Å². The van der Waals surface area contributed by atoms with E-state index in [-0.39, 0.29) is 37.2 Å².